The molecule has 1 aliphatic heterocycles. The number of piperazine rings is 1. The lowest BCUT2D eigenvalue weighted by atomic mass is 9.99. The topological polar surface area (TPSA) is 61.6 Å². The molecule has 0 saturated carbocycles. The highest BCUT2D eigenvalue weighted by Gasteiger charge is 2.23. The van der Waals surface area contributed by atoms with Crippen LogP contribution in [0.4, 0.5) is 5.69 Å². The zero-order valence-corrected chi connectivity index (χ0v) is 15.2. The molecule has 0 radical (unpaired) electrons. The summed E-state index contributed by atoms with van der Waals surface area (Å²) in [5, 5.41) is 3.07. The number of carbonyl (C=O) groups excluding carboxylic acids is 1. The number of nitrogens with two attached hydrogens (primary N) is 1. The molecule has 1 aromatic rings. The SMILES string of the molecule is CCC(C)C(N)C(=O)NC(C)CN1CCN(c2ccccc2)CC1. The van der Waals surface area contributed by atoms with Gasteiger partial charge in [0.25, 0.3) is 0 Å². The number of hydrogen-bond donors (Lipinski definition) is 2. The standard InChI is InChI=1S/C19H32N4O/c1-4-15(2)18(20)19(24)21-16(3)14-22-10-12-23(13-11-22)17-8-6-5-7-9-17/h5-9,15-16,18H,4,10-14,20H2,1-3H3,(H,21,24). The predicted molar refractivity (Wildman–Crippen MR) is 100 cm³/mol. The second-order valence-electron chi connectivity index (χ2n) is 6.94. The van der Waals surface area contributed by atoms with Crippen molar-refractivity contribution in [1.82, 2.24) is 10.2 Å². The van der Waals surface area contributed by atoms with Crippen LogP contribution in [0.1, 0.15) is 27.2 Å². The molecule has 0 aromatic heterocycles. The Labute approximate surface area is 146 Å². The fourth-order valence-electron chi connectivity index (χ4n) is 3.11. The van der Waals surface area contributed by atoms with Crippen molar-refractivity contribution >= 4 is 11.6 Å². The van der Waals surface area contributed by atoms with Crippen molar-refractivity contribution < 1.29 is 4.79 Å². The van der Waals surface area contributed by atoms with E-state index in [-0.39, 0.29) is 17.9 Å². The van der Waals surface area contributed by atoms with Gasteiger partial charge in [-0.05, 0) is 25.0 Å². The van der Waals surface area contributed by atoms with Gasteiger partial charge in [0, 0.05) is 44.5 Å². The lowest BCUT2D eigenvalue weighted by Gasteiger charge is -2.37. The minimum Gasteiger partial charge on any atom is -0.369 e. The number of amides is 1. The van der Waals surface area contributed by atoms with Crippen LogP contribution in [-0.4, -0.2) is 55.6 Å². The molecule has 2 rings (SSSR count). The van der Waals surface area contributed by atoms with Crippen LogP contribution in [0, 0.1) is 5.92 Å². The molecule has 1 saturated heterocycles. The Balaban J connectivity index is 1.74. The van der Waals surface area contributed by atoms with Crippen molar-refractivity contribution in [3.8, 4) is 0 Å². The molecule has 1 amide bonds. The van der Waals surface area contributed by atoms with Crippen LogP contribution in [0.3, 0.4) is 0 Å². The van der Waals surface area contributed by atoms with Crippen LogP contribution < -0.4 is 16.0 Å². The van der Waals surface area contributed by atoms with Crippen molar-refractivity contribution in [3.63, 3.8) is 0 Å². The van der Waals surface area contributed by atoms with E-state index in [4.69, 9.17) is 5.73 Å². The first-order valence-electron chi connectivity index (χ1n) is 9.09. The normalized spacial score (nSPS) is 19.6. The summed E-state index contributed by atoms with van der Waals surface area (Å²) in [5.41, 5.74) is 7.29. The van der Waals surface area contributed by atoms with Crippen LogP contribution in [0.25, 0.3) is 0 Å². The number of rotatable bonds is 7. The minimum atomic E-state index is -0.410. The minimum absolute atomic E-state index is 0.0280. The molecule has 5 heteroatoms. The number of benzene rings is 1. The Hall–Kier alpha value is -1.59. The van der Waals surface area contributed by atoms with E-state index in [0.29, 0.717) is 0 Å². The van der Waals surface area contributed by atoms with Crippen molar-refractivity contribution in [2.24, 2.45) is 11.7 Å². The van der Waals surface area contributed by atoms with E-state index in [1.807, 2.05) is 13.0 Å². The zero-order chi connectivity index (χ0) is 17.5. The lowest BCUT2D eigenvalue weighted by Crippen LogP contribution is -2.53. The fourth-order valence-corrected chi connectivity index (χ4v) is 3.11. The van der Waals surface area contributed by atoms with E-state index >= 15 is 0 Å². The largest absolute Gasteiger partial charge is 0.369 e. The van der Waals surface area contributed by atoms with E-state index in [0.717, 1.165) is 39.1 Å². The fraction of sp³-hybridized carbons (Fsp3) is 0.632. The van der Waals surface area contributed by atoms with Crippen molar-refractivity contribution in [2.75, 3.05) is 37.6 Å². The number of anilines is 1. The summed E-state index contributed by atoms with van der Waals surface area (Å²) in [7, 11) is 0. The van der Waals surface area contributed by atoms with Crippen molar-refractivity contribution in [1.29, 1.82) is 0 Å². The third-order valence-electron chi connectivity index (χ3n) is 4.97. The van der Waals surface area contributed by atoms with Gasteiger partial charge in [0.15, 0.2) is 0 Å². The maximum Gasteiger partial charge on any atom is 0.237 e. The molecule has 0 bridgehead atoms. The first kappa shape index (κ1) is 18.7. The summed E-state index contributed by atoms with van der Waals surface area (Å²) < 4.78 is 0. The zero-order valence-electron chi connectivity index (χ0n) is 15.2. The highest BCUT2D eigenvalue weighted by atomic mass is 16.2. The molecule has 24 heavy (non-hydrogen) atoms. The van der Waals surface area contributed by atoms with Crippen LogP contribution in [-0.2, 0) is 4.79 Å². The summed E-state index contributed by atoms with van der Waals surface area (Å²) in [6.45, 7) is 11.1. The quantitative estimate of drug-likeness (QED) is 0.798. The molecule has 3 N–H and O–H groups in total. The Bertz CT molecular complexity index is 499. The van der Waals surface area contributed by atoms with E-state index in [2.05, 4.69) is 53.2 Å². The molecule has 1 aromatic carbocycles. The van der Waals surface area contributed by atoms with E-state index in [1.165, 1.54) is 5.69 Å². The number of nitrogens with zero attached hydrogens (tertiary/aromatic N) is 2. The van der Waals surface area contributed by atoms with Gasteiger partial charge in [-0.3, -0.25) is 9.69 Å². The van der Waals surface area contributed by atoms with E-state index < -0.39 is 6.04 Å². The van der Waals surface area contributed by atoms with E-state index in [1.54, 1.807) is 0 Å². The molecule has 3 atom stereocenters. The molecule has 1 heterocycles. The van der Waals surface area contributed by atoms with Gasteiger partial charge < -0.3 is 16.0 Å². The van der Waals surface area contributed by atoms with Crippen LogP contribution in [0.5, 0.6) is 0 Å². The number of nitrogens with one attached hydrogen (secondary N) is 1. The lowest BCUT2D eigenvalue weighted by molar-refractivity contribution is -0.124. The van der Waals surface area contributed by atoms with Gasteiger partial charge in [0.05, 0.1) is 6.04 Å². The maximum atomic E-state index is 12.2. The molecule has 3 unspecified atom stereocenters. The first-order valence-corrected chi connectivity index (χ1v) is 9.09. The van der Waals surface area contributed by atoms with Gasteiger partial charge in [0.1, 0.15) is 0 Å². The summed E-state index contributed by atoms with van der Waals surface area (Å²) in [6.07, 6.45) is 0.921. The van der Waals surface area contributed by atoms with Crippen LogP contribution in [0.2, 0.25) is 0 Å². The van der Waals surface area contributed by atoms with Crippen LogP contribution >= 0.6 is 0 Å². The summed E-state index contributed by atoms with van der Waals surface area (Å²) in [6, 6.07) is 10.3. The Morgan fingerprint density at radius 1 is 1.17 bits per heavy atom. The number of hydrogen-bond acceptors (Lipinski definition) is 4. The molecule has 0 aliphatic carbocycles. The van der Waals surface area contributed by atoms with Crippen LogP contribution in [0.15, 0.2) is 30.3 Å². The average Bonchev–Trinajstić information content (AvgIpc) is 2.61. The molecule has 0 spiro atoms. The maximum absolute atomic E-state index is 12.2. The Morgan fingerprint density at radius 2 is 1.79 bits per heavy atom. The smallest absolute Gasteiger partial charge is 0.237 e. The molecule has 1 aliphatic rings. The molecular formula is C19H32N4O. The van der Waals surface area contributed by atoms with Gasteiger partial charge in [-0.25, -0.2) is 0 Å². The summed E-state index contributed by atoms with van der Waals surface area (Å²) >= 11 is 0. The second-order valence-corrected chi connectivity index (χ2v) is 6.94. The monoisotopic (exact) mass is 332 g/mol. The third-order valence-corrected chi connectivity index (χ3v) is 4.97. The molecular weight excluding hydrogens is 300 g/mol. The Morgan fingerprint density at radius 3 is 2.38 bits per heavy atom. The van der Waals surface area contributed by atoms with Gasteiger partial charge in [-0.1, -0.05) is 38.5 Å². The molecule has 5 nitrogen and oxygen atoms in total. The first-order chi connectivity index (χ1) is 11.5. The number of carbonyl (C=O) groups is 1. The van der Waals surface area contributed by atoms with Crippen molar-refractivity contribution in [3.05, 3.63) is 30.3 Å². The second kappa shape index (κ2) is 9.04. The average molecular weight is 332 g/mol. The summed E-state index contributed by atoms with van der Waals surface area (Å²) in [4.78, 5) is 17.0. The van der Waals surface area contributed by atoms with Gasteiger partial charge >= 0.3 is 0 Å². The third kappa shape index (κ3) is 5.21. The van der Waals surface area contributed by atoms with E-state index in [9.17, 15) is 4.79 Å². The number of para-hydroxylation sites is 1. The predicted octanol–water partition coefficient (Wildman–Crippen LogP) is 1.69. The molecule has 134 valence electrons. The summed E-state index contributed by atoms with van der Waals surface area (Å²) in [5.74, 6) is 0.186. The van der Waals surface area contributed by atoms with Gasteiger partial charge in [-0.15, -0.1) is 0 Å². The van der Waals surface area contributed by atoms with Crippen molar-refractivity contribution in [2.45, 2.75) is 39.3 Å². The molecule has 1 fully saturated rings. The highest BCUT2D eigenvalue weighted by Crippen LogP contribution is 2.15. The van der Waals surface area contributed by atoms with Gasteiger partial charge in [-0.2, -0.15) is 0 Å². The van der Waals surface area contributed by atoms with Gasteiger partial charge in [0.2, 0.25) is 5.91 Å². The Kier molecular flexibility index (Phi) is 7.06. The highest BCUT2D eigenvalue weighted by molar-refractivity contribution is 5.82.